The Morgan fingerprint density at radius 3 is 2.58 bits per heavy atom. The molecule has 0 spiro atoms. The second kappa shape index (κ2) is 6.41. The van der Waals surface area contributed by atoms with Gasteiger partial charge < -0.3 is 4.42 Å². The van der Waals surface area contributed by atoms with E-state index in [1.54, 1.807) is 6.07 Å². The summed E-state index contributed by atoms with van der Waals surface area (Å²) in [6, 6.07) is 16.2. The summed E-state index contributed by atoms with van der Waals surface area (Å²) in [5.41, 5.74) is 3.79. The van der Waals surface area contributed by atoms with Crippen LogP contribution in [0, 0.1) is 6.92 Å². The molecule has 2 aromatic heterocycles. The maximum absolute atomic E-state index is 12.1. The second-order valence-electron chi connectivity index (χ2n) is 7.20. The minimum Gasteiger partial charge on any atom is -0.423 e. The maximum Gasteiger partial charge on any atom is 0.336 e. The first-order chi connectivity index (χ1) is 12.5. The third kappa shape index (κ3) is 3.01. The molecule has 2 heterocycles. The Kier molecular flexibility index (Phi) is 4.08. The minimum atomic E-state index is -0.300. The van der Waals surface area contributed by atoms with Gasteiger partial charge in [0.15, 0.2) is 18.9 Å². The Morgan fingerprint density at radius 2 is 1.81 bits per heavy atom. The van der Waals surface area contributed by atoms with Gasteiger partial charge in [-0.3, -0.25) is 0 Å². The quantitative estimate of drug-likeness (QED) is 0.398. The molecular weight excluding hydrogens is 322 g/mol. The highest BCUT2D eigenvalue weighted by Crippen LogP contribution is 2.26. The molecule has 0 atom stereocenters. The number of pyridine rings is 1. The second-order valence-corrected chi connectivity index (χ2v) is 7.20. The van der Waals surface area contributed by atoms with Crippen LogP contribution in [0.15, 0.2) is 70.1 Å². The highest BCUT2D eigenvalue weighted by atomic mass is 16.4. The third-order valence-electron chi connectivity index (χ3n) is 4.94. The molecule has 4 rings (SSSR count). The van der Waals surface area contributed by atoms with Crippen molar-refractivity contribution in [3.05, 3.63) is 88.0 Å². The van der Waals surface area contributed by atoms with Gasteiger partial charge in [0.1, 0.15) is 5.58 Å². The molecule has 3 nitrogen and oxygen atoms in total. The Balaban J connectivity index is 1.86. The molecule has 0 amide bonds. The van der Waals surface area contributed by atoms with Crippen molar-refractivity contribution < 1.29 is 8.98 Å². The van der Waals surface area contributed by atoms with E-state index < -0.39 is 0 Å². The van der Waals surface area contributed by atoms with Crippen molar-refractivity contribution in [2.75, 3.05) is 0 Å². The van der Waals surface area contributed by atoms with E-state index in [4.69, 9.17) is 4.42 Å². The van der Waals surface area contributed by atoms with Crippen LogP contribution in [0.4, 0.5) is 0 Å². The zero-order valence-corrected chi connectivity index (χ0v) is 15.3. The Labute approximate surface area is 152 Å². The Hall–Kier alpha value is -2.94. The van der Waals surface area contributed by atoms with Gasteiger partial charge in [-0.05, 0) is 47.6 Å². The van der Waals surface area contributed by atoms with E-state index in [0.29, 0.717) is 18.0 Å². The minimum absolute atomic E-state index is 0.300. The number of hydrogen-bond donors (Lipinski definition) is 0. The van der Waals surface area contributed by atoms with E-state index in [9.17, 15) is 4.79 Å². The first-order valence-corrected chi connectivity index (χ1v) is 8.96. The van der Waals surface area contributed by atoms with Crippen LogP contribution in [0.1, 0.15) is 36.5 Å². The lowest BCUT2D eigenvalue weighted by molar-refractivity contribution is -0.686. The molecule has 3 heteroatoms. The molecule has 0 bridgehead atoms. The molecule has 0 fully saturated rings. The highest BCUT2D eigenvalue weighted by Gasteiger charge is 2.14. The van der Waals surface area contributed by atoms with Crippen molar-refractivity contribution in [3.63, 3.8) is 0 Å². The van der Waals surface area contributed by atoms with Gasteiger partial charge in [0.25, 0.3) is 0 Å². The Morgan fingerprint density at radius 1 is 1.04 bits per heavy atom. The number of benzene rings is 2. The highest BCUT2D eigenvalue weighted by molar-refractivity contribution is 5.82. The molecule has 26 heavy (non-hydrogen) atoms. The number of hydrogen-bond acceptors (Lipinski definition) is 2. The molecule has 130 valence electrons. The number of aromatic nitrogens is 1. The van der Waals surface area contributed by atoms with Gasteiger partial charge in [0.05, 0.1) is 0 Å². The van der Waals surface area contributed by atoms with E-state index in [1.165, 1.54) is 16.3 Å². The molecule has 0 N–H and O–H groups in total. The average molecular weight is 344 g/mol. The molecule has 0 aliphatic carbocycles. The molecule has 2 aromatic carbocycles. The lowest BCUT2D eigenvalue weighted by Crippen LogP contribution is -2.33. The Bertz CT molecular complexity index is 1170. The van der Waals surface area contributed by atoms with Crippen LogP contribution in [-0.4, -0.2) is 0 Å². The number of nitrogens with zero attached hydrogens (tertiary/aromatic N) is 1. The van der Waals surface area contributed by atoms with Crippen molar-refractivity contribution in [1.29, 1.82) is 0 Å². The van der Waals surface area contributed by atoms with E-state index in [0.717, 1.165) is 16.5 Å². The van der Waals surface area contributed by atoms with Crippen molar-refractivity contribution >= 4 is 21.7 Å². The summed E-state index contributed by atoms with van der Waals surface area (Å²) < 4.78 is 7.58. The summed E-state index contributed by atoms with van der Waals surface area (Å²) in [6.45, 7) is 7.07. The lowest BCUT2D eigenvalue weighted by atomic mass is 9.95. The van der Waals surface area contributed by atoms with Crippen LogP contribution in [-0.2, 0) is 6.54 Å². The van der Waals surface area contributed by atoms with Crippen molar-refractivity contribution in [2.24, 2.45) is 0 Å². The first kappa shape index (κ1) is 16.5. The van der Waals surface area contributed by atoms with Gasteiger partial charge in [-0.25, -0.2) is 9.36 Å². The topological polar surface area (TPSA) is 34.1 Å². The molecular formula is C23H22NO2+. The van der Waals surface area contributed by atoms with Gasteiger partial charge in [-0.1, -0.05) is 32.0 Å². The lowest BCUT2D eigenvalue weighted by Gasteiger charge is -2.12. The number of aryl methyl sites for hydroxylation is 1. The van der Waals surface area contributed by atoms with E-state index >= 15 is 0 Å². The number of rotatable bonds is 3. The molecule has 0 radical (unpaired) electrons. The summed E-state index contributed by atoms with van der Waals surface area (Å²) in [6.07, 6.45) is 4.17. The monoisotopic (exact) mass is 344 g/mol. The van der Waals surface area contributed by atoms with Crippen LogP contribution >= 0.6 is 0 Å². The molecule has 0 unspecified atom stereocenters. The zero-order chi connectivity index (χ0) is 18.3. The average Bonchev–Trinajstić information content (AvgIpc) is 2.60. The SMILES string of the molecule is Cc1cc2oc(=O)cc(C[n+]3ccc4ccccc4c3)c2cc1C(C)C. The van der Waals surface area contributed by atoms with Crippen LogP contribution < -0.4 is 10.2 Å². The van der Waals surface area contributed by atoms with Gasteiger partial charge in [0.2, 0.25) is 0 Å². The maximum atomic E-state index is 12.1. The molecule has 0 aliphatic rings. The first-order valence-electron chi connectivity index (χ1n) is 8.96. The van der Waals surface area contributed by atoms with E-state index in [2.05, 4.69) is 62.0 Å². The molecule has 0 saturated carbocycles. The summed E-state index contributed by atoms with van der Waals surface area (Å²) in [5, 5.41) is 3.40. The summed E-state index contributed by atoms with van der Waals surface area (Å²) >= 11 is 0. The standard InChI is InChI=1S/C23H22NO2/c1-15(2)20-12-21-19(11-23(25)26-22(21)10-16(20)3)14-24-9-8-17-6-4-5-7-18(17)13-24/h4-13,15H,14H2,1-3H3/q+1. The predicted molar refractivity (Wildman–Crippen MR) is 105 cm³/mol. The predicted octanol–water partition coefficient (Wildman–Crippen LogP) is 4.71. The van der Waals surface area contributed by atoms with Crippen molar-refractivity contribution in [1.82, 2.24) is 0 Å². The molecule has 0 saturated heterocycles. The van der Waals surface area contributed by atoms with Crippen molar-refractivity contribution in [3.8, 4) is 0 Å². The van der Waals surface area contributed by atoms with E-state index in [-0.39, 0.29) is 5.63 Å². The van der Waals surface area contributed by atoms with Gasteiger partial charge in [-0.2, -0.15) is 0 Å². The number of fused-ring (bicyclic) bond motifs is 2. The zero-order valence-electron chi connectivity index (χ0n) is 15.3. The van der Waals surface area contributed by atoms with Gasteiger partial charge >= 0.3 is 5.63 Å². The normalized spacial score (nSPS) is 11.5. The summed E-state index contributed by atoms with van der Waals surface area (Å²) in [7, 11) is 0. The van der Waals surface area contributed by atoms with Gasteiger partial charge in [-0.15, -0.1) is 0 Å². The fourth-order valence-electron chi connectivity index (χ4n) is 3.62. The summed E-state index contributed by atoms with van der Waals surface area (Å²) in [4.78, 5) is 12.1. The largest absolute Gasteiger partial charge is 0.423 e. The fraction of sp³-hybridized carbons (Fsp3) is 0.217. The van der Waals surface area contributed by atoms with Gasteiger partial charge in [0, 0.05) is 28.5 Å². The van der Waals surface area contributed by atoms with Crippen LogP contribution in [0.2, 0.25) is 0 Å². The molecule has 0 aliphatic heterocycles. The van der Waals surface area contributed by atoms with Crippen LogP contribution in [0.5, 0.6) is 0 Å². The van der Waals surface area contributed by atoms with Crippen LogP contribution in [0.25, 0.3) is 21.7 Å². The third-order valence-corrected chi connectivity index (χ3v) is 4.94. The van der Waals surface area contributed by atoms with Crippen molar-refractivity contribution in [2.45, 2.75) is 33.2 Å². The van der Waals surface area contributed by atoms with E-state index in [1.807, 2.05) is 18.2 Å². The van der Waals surface area contributed by atoms with Crippen LogP contribution in [0.3, 0.4) is 0 Å². The molecule has 4 aromatic rings. The summed E-state index contributed by atoms with van der Waals surface area (Å²) in [5.74, 6) is 0.424. The smallest absolute Gasteiger partial charge is 0.336 e. The fourth-order valence-corrected chi connectivity index (χ4v) is 3.62.